The van der Waals surface area contributed by atoms with Gasteiger partial charge < -0.3 is 19.2 Å². The third-order valence-corrected chi connectivity index (χ3v) is 9.02. The van der Waals surface area contributed by atoms with Crippen LogP contribution in [0.5, 0.6) is 0 Å². The molecule has 0 bridgehead atoms. The topological polar surface area (TPSA) is 85.9 Å². The fraction of sp³-hybridized carbons (Fsp3) is 0.476. The predicted molar refractivity (Wildman–Crippen MR) is 130 cm³/mol. The Bertz CT molecular complexity index is 1040. The second-order valence-electron chi connectivity index (χ2n) is 9.21. The second kappa shape index (κ2) is 9.12. The highest BCUT2D eigenvalue weighted by atomic mass is 35.5. The molecule has 0 saturated carbocycles. The minimum absolute atomic E-state index is 0.0817. The summed E-state index contributed by atoms with van der Waals surface area (Å²) in [4.78, 5) is 13.9. The maximum atomic E-state index is 13.4. The van der Waals surface area contributed by atoms with E-state index >= 15 is 0 Å². The quantitative estimate of drug-likeness (QED) is 0.481. The molecule has 3 atom stereocenters. The van der Waals surface area contributed by atoms with Crippen LogP contribution in [0.15, 0.2) is 29.6 Å². The number of nitrogens with one attached hydrogen (secondary N) is 2. The molecule has 2 aliphatic heterocycles. The van der Waals surface area contributed by atoms with Gasteiger partial charge in [-0.2, -0.15) is 0 Å². The number of halogens is 2. The zero-order chi connectivity index (χ0) is 24.1. The van der Waals surface area contributed by atoms with Crippen LogP contribution in [0, 0.1) is 5.82 Å². The molecule has 0 spiro atoms. The normalized spacial score (nSPS) is 27.0. The van der Waals surface area contributed by atoms with E-state index in [2.05, 4.69) is 10.0 Å². The molecular formula is C21H26BClFN3O4S2. The Kier molecular flexibility index (Phi) is 6.89. The van der Waals surface area contributed by atoms with E-state index < -0.39 is 41.7 Å². The van der Waals surface area contributed by atoms with Crippen molar-refractivity contribution in [1.82, 2.24) is 9.03 Å². The maximum absolute atomic E-state index is 13.4. The van der Waals surface area contributed by atoms with Crippen molar-refractivity contribution in [3.8, 4) is 0 Å². The number of anilines is 1. The number of benzene rings is 1. The second-order valence-corrected chi connectivity index (χ2v) is 11.9. The summed E-state index contributed by atoms with van der Waals surface area (Å²) in [6.45, 7) is 8.00. The molecule has 3 heterocycles. The van der Waals surface area contributed by atoms with Gasteiger partial charge in [0.15, 0.2) is 0 Å². The van der Waals surface area contributed by atoms with Crippen molar-refractivity contribution in [2.75, 3.05) is 12.4 Å². The molecule has 2 saturated heterocycles. The zero-order valence-corrected chi connectivity index (χ0v) is 21.4. The van der Waals surface area contributed by atoms with E-state index in [0.29, 0.717) is 12.1 Å². The summed E-state index contributed by atoms with van der Waals surface area (Å²) in [6.07, 6.45) is 0.395. The Balaban J connectivity index is 1.48. The number of carbonyl (C=O) groups excluding carboxylic acids is 1. The van der Waals surface area contributed by atoms with E-state index in [1.54, 1.807) is 7.05 Å². The lowest BCUT2D eigenvalue weighted by Crippen LogP contribution is -2.55. The first-order valence-corrected chi connectivity index (χ1v) is 12.8. The Hall–Kier alpha value is -1.18. The molecule has 4 rings (SSSR count). The van der Waals surface area contributed by atoms with Crippen molar-refractivity contribution in [1.29, 1.82) is 0 Å². The molecule has 178 valence electrons. The minimum atomic E-state index is -1.57. The third-order valence-electron chi connectivity index (χ3n) is 6.40. The third kappa shape index (κ3) is 4.96. The van der Waals surface area contributed by atoms with E-state index in [1.807, 2.05) is 39.1 Å². The maximum Gasteiger partial charge on any atom is 0.495 e. The van der Waals surface area contributed by atoms with E-state index in [1.165, 1.54) is 33.8 Å². The number of thiophene rings is 1. The van der Waals surface area contributed by atoms with Crippen LogP contribution in [-0.2, 0) is 25.7 Å². The Morgan fingerprint density at radius 3 is 2.64 bits per heavy atom. The zero-order valence-electron chi connectivity index (χ0n) is 19.0. The van der Waals surface area contributed by atoms with Crippen LogP contribution in [0.4, 0.5) is 10.1 Å². The standard InChI is InChI=1S/C21H26BClFN3O4S2/c1-20(2)21(3,4)31-22(30-20)12-8-18(32-11-12)16-10-17(27(5)33(29)26-16)19(28)25-13-6-7-15(24)14(23)9-13/h6-9,11,16-17,26H,10H2,1-5H3,(H,25,28). The molecule has 0 aliphatic carbocycles. The first-order chi connectivity index (χ1) is 15.4. The van der Waals surface area contributed by atoms with Gasteiger partial charge in [-0.25, -0.2) is 4.39 Å². The van der Waals surface area contributed by atoms with Crippen molar-refractivity contribution in [3.63, 3.8) is 0 Å². The fourth-order valence-electron chi connectivity index (χ4n) is 3.64. The molecule has 2 N–H and O–H groups in total. The molecule has 3 unspecified atom stereocenters. The molecular weight excluding hydrogens is 488 g/mol. The minimum Gasteiger partial charge on any atom is -0.579 e. The predicted octanol–water partition coefficient (Wildman–Crippen LogP) is 3.39. The summed E-state index contributed by atoms with van der Waals surface area (Å²) in [5, 5.41) is 4.63. The first kappa shape index (κ1) is 24.9. The summed E-state index contributed by atoms with van der Waals surface area (Å²) in [5.41, 5.74) is 0.376. The number of amides is 1. The van der Waals surface area contributed by atoms with Crippen molar-refractivity contribution < 1.29 is 23.0 Å². The molecule has 2 aliphatic rings. The summed E-state index contributed by atoms with van der Waals surface area (Å²) < 4.78 is 42.9. The van der Waals surface area contributed by atoms with Gasteiger partial charge in [-0.05, 0) is 62.8 Å². The highest BCUT2D eigenvalue weighted by Gasteiger charge is 2.52. The lowest BCUT2D eigenvalue weighted by molar-refractivity contribution is -0.120. The highest BCUT2D eigenvalue weighted by molar-refractivity contribution is 7.87. The lowest BCUT2D eigenvalue weighted by atomic mass is 9.81. The van der Waals surface area contributed by atoms with Crippen molar-refractivity contribution in [2.24, 2.45) is 0 Å². The first-order valence-electron chi connectivity index (χ1n) is 10.5. The number of carbonyl (C=O) groups is 1. The van der Waals surface area contributed by atoms with Gasteiger partial charge in [-0.15, -0.1) is 16.1 Å². The molecule has 7 nitrogen and oxygen atoms in total. The summed E-state index contributed by atoms with van der Waals surface area (Å²) in [6, 6.07) is 4.99. The van der Waals surface area contributed by atoms with Gasteiger partial charge in [0.25, 0.3) is 0 Å². The van der Waals surface area contributed by atoms with Gasteiger partial charge in [0.2, 0.25) is 5.91 Å². The number of likely N-dealkylation sites (N-methyl/N-ethyl adjacent to an activating group) is 1. The molecule has 2 fully saturated rings. The van der Waals surface area contributed by atoms with E-state index in [-0.39, 0.29) is 17.0 Å². The van der Waals surface area contributed by atoms with Crippen molar-refractivity contribution in [2.45, 2.75) is 57.4 Å². The van der Waals surface area contributed by atoms with Crippen LogP contribution >= 0.6 is 22.9 Å². The molecule has 0 radical (unpaired) electrons. The summed E-state index contributed by atoms with van der Waals surface area (Å²) in [5.74, 6) is -0.909. The highest BCUT2D eigenvalue weighted by Crippen LogP contribution is 2.37. The number of nitrogens with zero attached hydrogens (tertiary/aromatic N) is 1. The SMILES string of the molecule is CN1C(C(=O)Nc2ccc(F)c(Cl)c2)CC(c2cc(B3OC(C)(C)C(C)(C)O3)cs2)N[S+]1[O-]. The smallest absolute Gasteiger partial charge is 0.495 e. The van der Waals surface area contributed by atoms with Crippen molar-refractivity contribution in [3.05, 3.63) is 45.4 Å². The fourth-order valence-corrected chi connectivity index (χ4v) is 5.92. The molecule has 33 heavy (non-hydrogen) atoms. The Morgan fingerprint density at radius 1 is 1.33 bits per heavy atom. The molecule has 1 amide bonds. The van der Waals surface area contributed by atoms with Crippen LogP contribution in [0.3, 0.4) is 0 Å². The average molecular weight is 514 g/mol. The summed E-state index contributed by atoms with van der Waals surface area (Å²) >= 11 is 5.75. The van der Waals surface area contributed by atoms with Gasteiger partial charge in [-0.1, -0.05) is 15.9 Å². The van der Waals surface area contributed by atoms with Gasteiger partial charge in [-0.3, -0.25) is 4.79 Å². The Morgan fingerprint density at radius 2 is 2.00 bits per heavy atom. The molecule has 2 aromatic rings. The summed E-state index contributed by atoms with van der Waals surface area (Å²) in [7, 11) is 1.13. The van der Waals surface area contributed by atoms with E-state index in [4.69, 9.17) is 20.9 Å². The van der Waals surface area contributed by atoms with Gasteiger partial charge in [0.1, 0.15) is 23.4 Å². The average Bonchev–Trinajstić information content (AvgIpc) is 3.29. The van der Waals surface area contributed by atoms with Gasteiger partial charge in [0, 0.05) is 24.0 Å². The molecule has 12 heteroatoms. The van der Waals surface area contributed by atoms with Gasteiger partial charge in [0.05, 0.1) is 22.3 Å². The van der Waals surface area contributed by atoms with Crippen LogP contribution in [0.1, 0.15) is 45.0 Å². The number of hydrogen-bond acceptors (Lipinski definition) is 7. The van der Waals surface area contributed by atoms with Crippen molar-refractivity contribution >= 4 is 58.7 Å². The molecule has 1 aromatic heterocycles. The molecule has 1 aromatic carbocycles. The van der Waals surface area contributed by atoms with E-state index in [9.17, 15) is 13.7 Å². The van der Waals surface area contributed by atoms with Crippen LogP contribution < -0.4 is 15.5 Å². The lowest BCUT2D eigenvalue weighted by Gasteiger charge is -2.35. The monoisotopic (exact) mass is 513 g/mol. The number of rotatable bonds is 4. The van der Waals surface area contributed by atoms with Crippen LogP contribution in [0.25, 0.3) is 0 Å². The Labute approximate surface area is 205 Å². The van der Waals surface area contributed by atoms with Crippen LogP contribution in [0.2, 0.25) is 5.02 Å². The largest absolute Gasteiger partial charge is 0.579 e. The van der Waals surface area contributed by atoms with Gasteiger partial charge >= 0.3 is 7.12 Å². The number of hydrogen-bond donors (Lipinski definition) is 2. The van der Waals surface area contributed by atoms with E-state index in [0.717, 1.165) is 10.3 Å². The van der Waals surface area contributed by atoms with Crippen LogP contribution in [-0.4, -0.2) is 46.2 Å².